The lowest BCUT2D eigenvalue weighted by molar-refractivity contribution is -0.0285. The van der Waals surface area contributed by atoms with Gasteiger partial charge in [0, 0.05) is 43.6 Å². The molecule has 0 spiro atoms. The number of hydrogen-bond donors (Lipinski definition) is 3. The minimum Gasteiger partial charge on any atom is -0.385 e. The van der Waals surface area contributed by atoms with Crippen molar-refractivity contribution in [3.8, 4) is 0 Å². The number of aliphatic hydroxyl groups is 1. The largest absolute Gasteiger partial charge is 0.385 e. The summed E-state index contributed by atoms with van der Waals surface area (Å²) in [6.45, 7) is 5.85. The van der Waals surface area contributed by atoms with Crippen LogP contribution in [-0.2, 0) is 12.1 Å². The lowest BCUT2D eigenvalue weighted by Crippen LogP contribution is -2.42. The number of aryl methyl sites for hydroxylation is 2. The first kappa shape index (κ1) is 23.8. The van der Waals surface area contributed by atoms with Crippen molar-refractivity contribution >= 4 is 35.3 Å². The Morgan fingerprint density at radius 3 is 2.56 bits per heavy atom. The van der Waals surface area contributed by atoms with Crippen molar-refractivity contribution in [3.63, 3.8) is 0 Å². The van der Waals surface area contributed by atoms with Crippen LogP contribution in [0.25, 0.3) is 0 Å². The summed E-state index contributed by atoms with van der Waals surface area (Å²) in [5.41, 5.74) is 9.97. The number of thiocarbonyl (C=S) groups is 1. The lowest BCUT2D eigenvalue weighted by Gasteiger charge is -2.39. The average molecular weight is 456 g/mol. The number of carbonyl (C=O) groups is 2. The van der Waals surface area contributed by atoms with Gasteiger partial charge in [-0.05, 0) is 49.9 Å². The minimum absolute atomic E-state index is 0.200. The molecule has 2 aromatic rings. The maximum Gasteiger partial charge on any atom is 0.326 e. The van der Waals surface area contributed by atoms with E-state index in [0.717, 1.165) is 22.4 Å². The quantitative estimate of drug-likeness (QED) is 0.578. The van der Waals surface area contributed by atoms with Crippen LogP contribution < -0.4 is 11.1 Å². The van der Waals surface area contributed by atoms with Crippen molar-refractivity contribution in [2.24, 2.45) is 5.73 Å². The van der Waals surface area contributed by atoms with Gasteiger partial charge in [0.1, 0.15) is 5.69 Å². The van der Waals surface area contributed by atoms with Crippen LogP contribution in [0.3, 0.4) is 0 Å². The Labute approximate surface area is 193 Å². The summed E-state index contributed by atoms with van der Waals surface area (Å²) >= 11 is 4.80. The summed E-state index contributed by atoms with van der Waals surface area (Å²) in [5.74, 6) is -0.580. The van der Waals surface area contributed by atoms with E-state index in [9.17, 15) is 14.7 Å². The van der Waals surface area contributed by atoms with E-state index in [0.29, 0.717) is 38.2 Å². The number of nitrogens with two attached hydrogens (primary N) is 1. The van der Waals surface area contributed by atoms with Gasteiger partial charge in [-0.3, -0.25) is 14.6 Å². The molecule has 9 heteroatoms. The number of rotatable bonds is 6. The molecule has 0 saturated carbocycles. The van der Waals surface area contributed by atoms with Gasteiger partial charge in [-0.25, -0.2) is 9.78 Å². The number of nitrogens with zero attached hydrogens (tertiary/aromatic N) is 3. The molecule has 0 unspecified atom stereocenters. The third kappa shape index (κ3) is 5.29. The Morgan fingerprint density at radius 1 is 1.28 bits per heavy atom. The molecule has 8 nitrogen and oxygen atoms in total. The third-order valence-corrected chi connectivity index (χ3v) is 6.27. The highest BCUT2D eigenvalue weighted by Crippen LogP contribution is 2.35. The van der Waals surface area contributed by atoms with E-state index >= 15 is 0 Å². The first-order chi connectivity index (χ1) is 15.1. The van der Waals surface area contributed by atoms with Crippen LogP contribution >= 0.6 is 12.2 Å². The number of aromatic nitrogens is 1. The molecule has 1 aromatic heterocycles. The molecule has 1 aromatic carbocycles. The van der Waals surface area contributed by atoms with Crippen LogP contribution in [0.5, 0.6) is 0 Å². The van der Waals surface area contributed by atoms with Gasteiger partial charge in [-0.2, -0.15) is 0 Å². The van der Waals surface area contributed by atoms with E-state index in [2.05, 4.69) is 15.2 Å². The Morgan fingerprint density at radius 2 is 1.97 bits per heavy atom. The molecule has 3 rings (SSSR count). The number of primary amides is 1. The SMILES string of the molecule is Cc1ccc(CN2CCC(O)(c3ccc(C(N)=O)nc3C)CC2)cc1NC(=O)N(C)C=S. The molecule has 1 fully saturated rings. The summed E-state index contributed by atoms with van der Waals surface area (Å²) in [7, 11) is 1.61. The Balaban J connectivity index is 1.66. The number of nitrogens with one attached hydrogen (secondary N) is 1. The van der Waals surface area contributed by atoms with Crippen molar-refractivity contribution in [1.82, 2.24) is 14.8 Å². The zero-order chi connectivity index (χ0) is 23.5. The molecule has 3 amide bonds. The molecule has 2 heterocycles. The molecular weight excluding hydrogens is 426 g/mol. The first-order valence-electron chi connectivity index (χ1n) is 10.4. The Hall–Kier alpha value is -2.88. The molecule has 0 aliphatic carbocycles. The molecule has 0 bridgehead atoms. The number of carbonyl (C=O) groups excluding carboxylic acids is 2. The number of likely N-dealkylation sites (tertiary alicyclic amines) is 1. The fourth-order valence-corrected chi connectivity index (χ4v) is 4.05. The van der Waals surface area contributed by atoms with Gasteiger partial charge < -0.3 is 16.2 Å². The van der Waals surface area contributed by atoms with E-state index in [1.807, 2.05) is 25.1 Å². The van der Waals surface area contributed by atoms with Crippen molar-refractivity contribution in [3.05, 3.63) is 58.4 Å². The zero-order valence-electron chi connectivity index (χ0n) is 18.6. The number of pyridine rings is 1. The van der Waals surface area contributed by atoms with Crippen molar-refractivity contribution in [1.29, 1.82) is 0 Å². The number of anilines is 1. The van der Waals surface area contributed by atoms with E-state index in [-0.39, 0.29) is 11.7 Å². The molecule has 1 saturated heterocycles. The second-order valence-electron chi connectivity index (χ2n) is 8.30. The molecule has 0 radical (unpaired) electrons. The minimum atomic E-state index is -0.985. The predicted octanol–water partition coefficient (Wildman–Crippen LogP) is 2.70. The van der Waals surface area contributed by atoms with Crippen LogP contribution in [0, 0.1) is 13.8 Å². The summed E-state index contributed by atoms with van der Waals surface area (Å²) in [6.07, 6.45) is 1.11. The van der Waals surface area contributed by atoms with Gasteiger partial charge >= 0.3 is 6.03 Å². The van der Waals surface area contributed by atoms with Crippen molar-refractivity contribution < 1.29 is 14.7 Å². The highest BCUT2D eigenvalue weighted by molar-refractivity contribution is 7.78. The second-order valence-corrected chi connectivity index (χ2v) is 8.51. The Kier molecular flexibility index (Phi) is 7.22. The van der Waals surface area contributed by atoms with Gasteiger partial charge in [0.25, 0.3) is 5.91 Å². The van der Waals surface area contributed by atoms with Crippen LogP contribution in [0.1, 0.15) is 45.7 Å². The number of hydrogen-bond acceptors (Lipinski definition) is 6. The zero-order valence-corrected chi connectivity index (χ0v) is 19.4. The molecule has 0 atom stereocenters. The van der Waals surface area contributed by atoms with E-state index in [1.165, 1.54) is 10.4 Å². The van der Waals surface area contributed by atoms with Crippen molar-refractivity contribution in [2.45, 2.75) is 38.8 Å². The highest BCUT2D eigenvalue weighted by atomic mass is 32.1. The van der Waals surface area contributed by atoms with E-state index < -0.39 is 11.5 Å². The van der Waals surface area contributed by atoms with Gasteiger partial charge in [-0.15, -0.1) is 0 Å². The molecule has 1 aliphatic heterocycles. The van der Waals surface area contributed by atoms with Crippen LogP contribution in [-0.4, -0.2) is 57.5 Å². The van der Waals surface area contributed by atoms with Crippen molar-refractivity contribution in [2.75, 3.05) is 25.5 Å². The standard InChI is InChI=1S/C23H29N5O3S/c1-15-4-5-17(12-20(15)26-22(30)27(3)14-32)13-28-10-8-23(31,9-11-28)18-6-7-19(21(24)29)25-16(18)2/h4-7,12,14,31H,8-11,13H2,1-3H3,(H2,24,29)(H,26,30). The smallest absolute Gasteiger partial charge is 0.326 e. The molecular formula is C23H29N5O3S. The fourth-order valence-electron chi connectivity index (χ4n) is 3.95. The number of benzene rings is 1. The number of piperidine rings is 1. The number of urea groups is 1. The van der Waals surface area contributed by atoms with Gasteiger partial charge in [0.2, 0.25) is 0 Å². The van der Waals surface area contributed by atoms with Crippen LogP contribution in [0.4, 0.5) is 10.5 Å². The Bertz CT molecular complexity index is 1030. The maximum atomic E-state index is 12.1. The topological polar surface area (TPSA) is 112 Å². The number of amides is 3. The van der Waals surface area contributed by atoms with Crippen LogP contribution in [0.15, 0.2) is 30.3 Å². The normalized spacial score (nSPS) is 15.8. The monoisotopic (exact) mass is 455 g/mol. The second kappa shape index (κ2) is 9.72. The van der Waals surface area contributed by atoms with Gasteiger partial charge in [-0.1, -0.05) is 30.4 Å². The molecule has 1 aliphatic rings. The summed E-state index contributed by atoms with van der Waals surface area (Å²) < 4.78 is 0. The summed E-state index contributed by atoms with van der Waals surface area (Å²) in [5, 5.41) is 14.1. The maximum absolute atomic E-state index is 12.1. The predicted molar refractivity (Wildman–Crippen MR) is 128 cm³/mol. The lowest BCUT2D eigenvalue weighted by atomic mass is 9.83. The fraction of sp³-hybridized carbons (Fsp3) is 0.391. The third-order valence-electron chi connectivity index (χ3n) is 5.95. The van der Waals surface area contributed by atoms with E-state index in [4.69, 9.17) is 18.0 Å². The summed E-state index contributed by atoms with van der Waals surface area (Å²) in [4.78, 5) is 31.3. The first-order valence-corrected chi connectivity index (χ1v) is 10.9. The molecule has 170 valence electrons. The van der Waals surface area contributed by atoms with Crippen LogP contribution in [0.2, 0.25) is 0 Å². The van der Waals surface area contributed by atoms with E-state index in [1.54, 1.807) is 26.1 Å². The molecule has 32 heavy (non-hydrogen) atoms. The average Bonchev–Trinajstić information content (AvgIpc) is 2.76. The highest BCUT2D eigenvalue weighted by Gasteiger charge is 2.35. The summed E-state index contributed by atoms with van der Waals surface area (Å²) in [6, 6.07) is 9.04. The van der Waals surface area contributed by atoms with Gasteiger partial charge in [0.15, 0.2) is 0 Å². The molecule has 4 N–H and O–H groups in total. The van der Waals surface area contributed by atoms with Gasteiger partial charge in [0.05, 0.1) is 11.1 Å².